The van der Waals surface area contributed by atoms with Gasteiger partial charge in [0, 0.05) is 0 Å². The minimum absolute atomic E-state index is 0.229. The first-order valence-electron chi connectivity index (χ1n) is 5.63. The van der Waals surface area contributed by atoms with Crippen molar-refractivity contribution in [2.45, 2.75) is 39.5 Å². The zero-order valence-corrected chi connectivity index (χ0v) is 9.55. The SMILES string of the molecule is CCCCCCOc1cccc(C)c1F. The minimum Gasteiger partial charge on any atom is -0.491 e. The van der Waals surface area contributed by atoms with E-state index < -0.39 is 0 Å². The second-order valence-corrected chi connectivity index (χ2v) is 3.80. The van der Waals surface area contributed by atoms with Crippen LogP contribution < -0.4 is 4.74 Å². The van der Waals surface area contributed by atoms with Gasteiger partial charge in [0.2, 0.25) is 0 Å². The van der Waals surface area contributed by atoms with Gasteiger partial charge in [-0.2, -0.15) is 0 Å². The van der Waals surface area contributed by atoms with Crippen molar-refractivity contribution in [3.05, 3.63) is 29.6 Å². The molecule has 1 aromatic carbocycles. The largest absolute Gasteiger partial charge is 0.491 e. The van der Waals surface area contributed by atoms with Crippen molar-refractivity contribution in [2.24, 2.45) is 0 Å². The molecule has 2 heteroatoms. The highest BCUT2D eigenvalue weighted by atomic mass is 19.1. The van der Waals surface area contributed by atoms with E-state index in [1.165, 1.54) is 12.8 Å². The molecule has 15 heavy (non-hydrogen) atoms. The van der Waals surface area contributed by atoms with Crippen molar-refractivity contribution in [3.63, 3.8) is 0 Å². The first kappa shape index (κ1) is 12.0. The number of hydrogen-bond donors (Lipinski definition) is 0. The molecule has 1 nitrogen and oxygen atoms in total. The van der Waals surface area contributed by atoms with Crippen LogP contribution in [0.4, 0.5) is 4.39 Å². The van der Waals surface area contributed by atoms with Crippen molar-refractivity contribution < 1.29 is 9.13 Å². The predicted octanol–water partition coefficient (Wildman–Crippen LogP) is 4.09. The van der Waals surface area contributed by atoms with E-state index in [0.29, 0.717) is 17.9 Å². The molecule has 1 aromatic rings. The molecule has 0 spiro atoms. The van der Waals surface area contributed by atoms with Gasteiger partial charge in [-0.1, -0.05) is 38.3 Å². The Bertz CT molecular complexity index is 297. The molecule has 0 heterocycles. The number of unbranched alkanes of at least 4 members (excludes halogenated alkanes) is 3. The summed E-state index contributed by atoms with van der Waals surface area (Å²) in [6.45, 7) is 4.53. The van der Waals surface area contributed by atoms with Crippen LogP contribution in [0.2, 0.25) is 0 Å². The third-order valence-corrected chi connectivity index (χ3v) is 2.41. The van der Waals surface area contributed by atoms with Crippen LogP contribution in [0, 0.1) is 12.7 Å². The number of hydrogen-bond acceptors (Lipinski definition) is 1. The summed E-state index contributed by atoms with van der Waals surface area (Å²) < 4.78 is 18.8. The van der Waals surface area contributed by atoms with Crippen LogP contribution in [0.1, 0.15) is 38.2 Å². The highest BCUT2D eigenvalue weighted by molar-refractivity contribution is 5.29. The number of halogens is 1. The average molecular weight is 210 g/mol. The Morgan fingerprint density at radius 1 is 1.20 bits per heavy atom. The van der Waals surface area contributed by atoms with Crippen molar-refractivity contribution in [1.82, 2.24) is 0 Å². The fourth-order valence-electron chi connectivity index (χ4n) is 1.44. The Balaban J connectivity index is 2.34. The summed E-state index contributed by atoms with van der Waals surface area (Å²) in [4.78, 5) is 0. The molecule has 0 unspecified atom stereocenters. The molecule has 0 radical (unpaired) electrons. The lowest BCUT2D eigenvalue weighted by molar-refractivity contribution is 0.290. The Morgan fingerprint density at radius 3 is 2.73 bits per heavy atom. The van der Waals surface area contributed by atoms with Crippen LogP contribution >= 0.6 is 0 Å². The molecule has 0 fully saturated rings. The zero-order chi connectivity index (χ0) is 11.1. The second-order valence-electron chi connectivity index (χ2n) is 3.80. The molecule has 84 valence electrons. The van der Waals surface area contributed by atoms with Gasteiger partial charge in [0.1, 0.15) is 0 Å². The second kappa shape index (κ2) is 6.44. The maximum absolute atomic E-state index is 13.5. The Kier molecular flexibility index (Phi) is 5.16. The highest BCUT2D eigenvalue weighted by Crippen LogP contribution is 2.19. The van der Waals surface area contributed by atoms with Crippen LogP contribution in [0.15, 0.2) is 18.2 Å². The monoisotopic (exact) mass is 210 g/mol. The lowest BCUT2D eigenvalue weighted by Crippen LogP contribution is -2.00. The van der Waals surface area contributed by atoms with Gasteiger partial charge in [0.25, 0.3) is 0 Å². The van der Waals surface area contributed by atoms with Crippen molar-refractivity contribution in [3.8, 4) is 5.75 Å². The molecule has 0 N–H and O–H groups in total. The number of benzene rings is 1. The van der Waals surface area contributed by atoms with Crippen LogP contribution in [-0.4, -0.2) is 6.61 Å². The van der Waals surface area contributed by atoms with Gasteiger partial charge in [0.15, 0.2) is 11.6 Å². The van der Waals surface area contributed by atoms with Crippen LogP contribution in [-0.2, 0) is 0 Å². The van der Waals surface area contributed by atoms with E-state index in [1.807, 2.05) is 6.07 Å². The topological polar surface area (TPSA) is 9.23 Å². The number of rotatable bonds is 6. The molecule has 0 saturated heterocycles. The van der Waals surface area contributed by atoms with E-state index >= 15 is 0 Å². The number of aryl methyl sites for hydroxylation is 1. The van der Waals surface area contributed by atoms with Gasteiger partial charge in [-0.3, -0.25) is 0 Å². The molecule has 0 aliphatic rings. The zero-order valence-electron chi connectivity index (χ0n) is 9.55. The average Bonchev–Trinajstić information content (AvgIpc) is 2.24. The van der Waals surface area contributed by atoms with Crippen LogP contribution in [0.3, 0.4) is 0 Å². The molecule has 0 bridgehead atoms. The van der Waals surface area contributed by atoms with Gasteiger partial charge in [-0.15, -0.1) is 0 Å². The summed E-state index contributed by atoms with van der Waals surface area (Å²) >= 11 is 0. The molecular formula is C13H19FO. The van der Waals surface area contributed by atoms with E-state index in [2.05, 4.69) is 6.92 Å². The van der Waals surface area contributed by atoms with Crippen molar-refractivity contribution in [1.29, 1.82) is 0 Å². The standard InChI is InChI=1S/C13H19FO/c1-3-4-5-6-10-15-12-9-7-8-11(2)13(12)14/h7-9H,3-6,10H2,1-2H3. The van der Waals surface area contributed by atoms with E-state index in [9.17, 15) is 4.39 Å². The van der Waals surface area contributed by atoms with E-state index in [-0.39, 0.29) is 5.82 Å². The van der Waals surface area contributed by atoms with Crippen molar-refractivity contribution >= 4 is 0 Å². The lowest BCUT2D eigenvalue weighted by atomic mass is 10.2. The third kappa shape index (κ3) is 3.90. The summed E-state index contributed by atoms with van der Waals surface area (Å²) in [6, 6.07) is 5.25. The Morgan fingerprint density at radius 2 is 2.00 bits per heavy atom. The predicted molar refractivity (Wildman–Crippen MR) is 60.8 cm³/mol. The molecule has 1 rings (SSSR count). The summed E-state index contributed by atoms with van der Waals surface area (Å²) in [7, 11) is 0. The lowest BCUT2D eigenvalue weighted by Gasteiger charge is -2.07. The van der Waals surface area contributed by atoms with E-state index in [4.69, 9.17) is 4.74 Å². The fourth-order valence-corrected chi connectivity index (χ4v) is 1.44. The summed E-state index contributed by atoms with van der Waals surface area (Å²) in [5.41, 5.74) is 0.640. The van der Waals surface area contributed by atoms with Crippen LogP contribution in [0.5, 0.6) is 5.75 Å². The molecule has 0 aliphatic carbocycles. The first-order valence-corrected chi connectivity index (χ1v) is 5.63. The summed E-state index contributed by atoms with van der Waals surface area (Å²) in [5.74, 6) is 0.152. The Labute approximate surface area is 91.3 Å². The number of ether oxygens (including phenoxy) is 1. The van der Waals surface area contributed by atoms with Gasteiger partial charge >= 0.3 is 0 Å². The van der Waals surface area contributed by atoms with Crippen LogP contribution in [0.25, 0.3) is 0 Å². The summed E-state index contributed by atoms with van der Waals surface area (Å²) in [6.07, 6.45) is 4.59. The molecule has 0 saturated carbocycles. The van der Waals surface area contributed by atoms with Gasteiger partial charge in [-0.05, 0) is 25.0 Å². The normalized spacial score (nSPS) is 10.3. The first-order chi connectivity index (χ1) is 7.25. The van der Waals surface area contributed by atoms with Gasteiger partial charge in [0.05, 0.1) is 6.61 Å². The third-order valence-electron chi connectivity index (χ3n) is 2.41. The van der Waals surface area contributed by atoms with E-state index in [0.717, 1.165) is 12.8 Å². The maximum atomic E-state index is 13.5. The molecule has 0 aliphatic heterocycles. The van der Waals surface area contributed by atoms with E-state index in [1.54, 1.807) is 19.1 Å². The molecule has 0 atom stereocenters. The molecule has 0 amide bonds. The van der Waals surface area contributed by atoms with Crippen molar-refractivity contribution in [2.75, 3.05) is 6.61 Å². The fraction of sp³-hybridized carbons (Fsp3) is 0.538. The maximum Gasteiger partial charge on any atom is 0.167 e. The molecular weight excluding hydrogens is 191 g/mol. The smallest absolute Gasteiger partial charge is 0.167 e. The van der Waals surface area contributed by atoms with Gasteiger partial charge in [-0.25, -0.2) is 4.39 Å². The van der Waals surface area contributed by atoms with Gasteiger partial charge < -0.3 is 4.74 Å². The minimum atomic E-state index is -0.229. The quantitative estimate of drug-likeness (QED) is 0.642. The Hall–Kier alpha value is -1.05. The summed E-state index contributed by atoms with van der Waals surface area (Å²) in [5, 5.41) is 0. The highest BCUT2D eigenvalue weighted by Gasteiger charge is 2.04. The molecule has 0 aromatic heterocycles.